The van der Waals surface area contributed by atoms with Gasteiger partial charge in [-0.25, -0.2) is 4.79 Å². The number of aliphatic carboxylic acids is 1. The van der Waals surface area contributed by atoms with Crippen LogP contribution in [0.2, 0.25) is 0 Å². The standard InChI is InChI=1S/C10H9N5O4/c1-6(10(16)17)14-12-9(11-13-14)7-2-4-8(5-3-7)15(18)19/h2-6H,1H3,(H,16,17). The summed E-state index contributed by atoms with van der Waals surface area (Å²) in [6, 6.07) is 4.66. The lowest BCUT2D eigenvalue weighted by molar-refractivity contribution is -0.384. The molecule has 0 aliphatic heterocycles. The van der Waals surface area contributed by atoms with Gasteiger partial charge in [0.05, 0.1) is 4.92 Å². The SMILES string of the molecule is CC(C(=O)O)n1nnc(-c2ccc([N+](=O)[O-])cc2)n1. The van der Waals surface area contributed by atoms with Crippen LogP contribution in [0.4, 0.5) is 5.69 Å². The smallest absolute Gasteiger partial charge is 0.330 e. The molecule has 19 heavy (non-hydrogen) atoms. The van der Waals surface area contributed by atoms with Crippen LogP contribution in [0.1, 0.15) is 13.0 Å². The van der Waals surface area contributed by atoms with E-state index in [-0.39, 0.29) is 11.5 Å². The molecular formula is C10H9N5O4. The summed E-state index contributed by atoms with van der Waals surface area (Å²) >= 11 is 0. The van der Waals surface area contributed by atoms with Crippen molar-refractivity contribution >= 4 is 11.7 Å². The number of non-ortho nitro benzene ring substituents is 1. The van der Waals surface area contributed by atoms with E-state index in [4.69, 9.17) is 5.11 Å². The van der Waals surface area contributed by atoms with Gasteiger partial charge in [0.1, 0.15) is 0 Å². The van der Waals surface area contributed by atoms with Gasteiger partial charge in [0, 0.05) is 17.7 Å². The number of carboxylic acid groups (broad SMARTS) is 1. The van der Waals surface area contributed by atoms with Crippen LogP contribution in [0.5, 0.6) is 0 Å². The number of hydrogen-bond donors (Lipinski definition) is 1. The maximum atomic E-state index is 10.8. The molecule has 1 atom stereocenters. The van der Waals surface area contributed by atoms with Gasteiger partial charge in [-0.1, -0.05) is 0 Å². The predicted octanol–water partition coefficient (Wildman–Crippen LogP) is 0.894. The normalized spacial score (nSPS) is 12.1. The predicted molar refractivity (Wildman–Crippen MR) is 62.3 cm³/mol. The molecule has 9 nitrogen and oxygen atoms in total. The summed E-state index contributed by atoms with van der Waals surface area (Å²) in [6.07, 6.45) is 0. The van der Waals surface area contributed by atoms with Crippen LogP contribution in [0, 0.1) is 10.1 Å². The number of nitro benzene ring substituents is 1. The molecule has 1 N–H and O–H groups in total. The number of carboxylic acids is 1. The van der Waals surface area contributed by atoms with Crippen molar-refractivity contribution in [2.24, 2.45) is 0 Å². The summed E-state index contributed by atoms with van der Waals surface area (Å²) in [4.78, 5) is 21.7. The molecule has 1 aromatic carbocycles. The minimum atomic E-state index is -1.08. The first kappa shape index (κ1) is 12.6. The minimum Gasteiger partial charge on any atom is -0.480 e. The summed E-state index contributed by atoms with van der Waals surface area (Å²) in [5.74, 6) is -0.865. The fourth-order valence-corrected chi connectivity index (χ4v) is 1.34. The van der Waals surface area contributed by atoms with Crippen molar-refractivity contribution in [1.29, 1.82) is 0 Å². The maximum absolute atomic E-state index is 10.8. The quantitative estimate of drug-likeness (QED) is 0.641. The molecule has 9 heteroatoms. The Kier molecular flexibility index (Phi) is 3.19. The Morgan fingerprint density at radius 2 is 2.05 bits per heavy atom. The van der Waals surface area contributed by atoms with Gasteiger partial charge < -0.3 is 5.11 Å². The van der Waals surface area contributed by atoms with Gasteiger partial charge >= 0.3 is 5.97 Å². The lowest BCUT2D eigenvalue weighted by atomic mass is 10.2. The molecule has 0 saturated carbocycles. The highest BCUT2D eigenvalue weighted by Gasteiger charge is 2.17. The second-order valence-electron chi connectivity index (χ2n) is 3.75. The largest absolute Gasteiger partial charge is 0.480 e. The maximum Gasteiger partial charge on any atom is 0.330 e. The van der Waals surface area contributed by atoms with E-state index in [1.54, 1.807) is 0 Å². The van der Waals surface area contributed by atoms with Crippen LogP contribution in [0.15, 0.2) is 24.3 Å². The topological polar surface area (TPSA) is 124 Å². The second kappa shape index (κ2) is 4.80. The second-order valence-corrected chi connectivity index (χ2v) is 3.75. The number of nitrogens with zero attached hydrogens (tertiary/aromatic N) is 5. The molecule has 0 fully saturated rings. The summed E-state index contributed by atoms with van der Waals surface area (Å²) in [6.45, 7) is 1.42. The molecule has 1 unspecified atom stereocenters. The summed E-state index contributed by atoms with van der Waals surface area (Å²) in [5, 5.41) is 30.6. The first-order valence-corrected chi connectivity index (χ1v) is 5.26. The van der Waals surface area contributed by atoms with Gasteiger partial charge in [-0.15, -0.1) is 15.0 Å². The Morgan fingerprint density at radius 1 is 1.42 bits per heavy atom. The van der Waals surface area contributed by atoms with E-state index < -0.39 is 16.9 Å². The van der Waals surface area contributed by atoms with Gasteiger partial charge in [-0.05, 0) is 24.3 Å². The molecule has 0 aliphatic carbocycles. The van der Waals surface area contributed by atoms with Crippen molar-refractivity contribution in [2.45, 2.75) is 13.0 Å². The lowest BCUT2D eigenvalue weighted by Crippen LogP contribution is -2.18. The van der Waals surface area contributed by atoms with E-state index in [2.05, 4.69) is 15.4 Å². The molecule has 0 aliphatic rings. The van der Waals surface area contributed by atoms with Gasteiger partial charge in [-0.2, -0.15) is 0 Å². The number of rotatable bonds is 4. The number of carbonyl (C=O) groups is 1. The van der Waals surface area contributed by atoms with Crippen LogP contribution in [0.25, 0.3) is 11.4 Å². The molecule has 0 saturated heterocycles. The number of nitro groups is 1. The molecule has 2 rings (SSSR count). The van der Waals surface area contributed by atoms with E-state index in [0.29, 0.717) is 5.56 Å². The highest BCUT2D eigenvalue weighted by Crippen LogP contribution is 2.18. The van der Waals surface area contributed by atoms with Crippen molar-refractivity contribution in [1.82, 2.24) is 20.2 Å². The molecular weight excluding hydrogens is 254 g/mol. The average Bonchev–Trinajstić information content (AvgIpc) is 2.87. The Hall–Kier alpha value is -2.84. The van der Waals surface area contributed by atoms with Crippen molar-refractivity contribution in [2.75, 3.05) is 0 Å². The number of aromatic nitrogens is 4. The van der Waals surface area contributed by atoms with Crippen molar-refractivity contribution in [3.8, 4) is 11.4 Å². The van der Waals surface area contributed by atoms with Gasteiger partial charge in [0.15, 0.2) is 6.04 Å². The molecule has 1 heterocycles. The van der Waals surface area contributed by atoms with E-state index >= 15 is 0 Å². The summed E-state index contributed by atoms with van der Waals surface area (Å²) in [5.41, 5.74) is 0.476. The summed E-state index contributed by atoms with van der Waals surface area (Å²) in [7, 11) is 0. The Bertz CT molecular complexity index is 621. The van der Waals surface area contributed by atoms with Crippen LogP contribution in [-0.4, -0.2) is 36.2 Å². The van der Waals surface area contributed by atoms with E-state index in [9.17, 15) is 14.9 Å². The van der Waals surface area contributed by atoms with Gasteiger partial charge in [-0.3, -0.25) is 10.1 Å². The molecule has 1 aromatic heterocycles. The van der Waals surface area contributed by atoms with E-state index in [1.165, 1.54) is 31.2 Å². The molecule has 0 spiro atoms. The minimum absolute atomic E-state index is 0.0463. The average molecular weight is 263 g/mol. The Balaban J connectivity index is 2.27. The Morgan fingerprint density at radius 3 is 2.58 bits per heavy atom. The Labute approximate surface area is 106 Å². The fourth-order valence-electron chi connectivity index (χ4n) is 1.34. The van der Waals surface area contributed by atoms with E-state index in [1.807, 2.05) is 0 Å². The third kappa shape index (κ3) is 2.54. The van der Waals surface area contributed by atoms with Crippen LogP contribution < -0.4 is 0 Å². The third-order valence-corrected chi connectivity index (χ3v) is 2.47. The molecule has 2 aromatic rings. The fraction of sp³-hybridized carbons (Fsp3) is 0.200. The number of benzene rings is 1. The van der Waals surface area contributed by atoms with Crippen LogP contribution >= 0.6 is 0 Å². The van der Waals surface area contributed by atoms with Crippen molar-refractivity contribution < 1.29 is 14.8 Å². The first-order chi connectivity index (χ1) is 8.99. The van der Waals surface area contributed by atoms with Gasteiger partial charge in [0.25, 0.3) is 5.69 Å². The molecule has 0 amide bonds. The third-order valence-electron chi connectivity index (χ3n) is 2.47. The zero-order valence-corrected chi connectivity index (χ0v) is 9.79. The number of hydrogen-bond acceptors (Lipinski definition) is 6. The molecule has 0 bridgehead atoms. The lowest BCUT2D eigenvalue weighted by Gasteiger charge is -2.01. The number of tetrazole rings is 1. The van der Waals surface area contributed by atoms with Crippen LogP contribution in [0.3, 0.4) is 0 Å². The highest BCUT2D eigenvalue weighted by atomic mass is 16.6. The zero-order valence-electron chi connectivity index (χ0n) is 9.79. The monoisotopic (exact) mass is 263 g/mol. The van der Waals surface area contributed by atoms with E-state index in [0.717, 1.165) is 4.80 Å². The highest BCUT2D eigenvalue weighted by molar-refractivity contribution is 5.71. The van der Waals surface area contributed by atoms with Crippen LogP contribution in [-0.2, 0) is 4.79 Å². The van der Waals surface area contributed by atoms with Gasteiger partial charge in [0.2, 0.25) is 5.82 Å². The molecule has 0 radical (unpaired) electrons. The first-order valence-electron chi connectivity index (χ1n) is 5.26. The summed E-state index contributed by atoms with van der Waals surface area (Å²) < 4.78 is 0. The molecule has 98 valence electrons. The zero-order chi connectivity index (χ0) is 14.0. The van der Waals surface area contributed by atoms with Crippen molar-refractivity contribution in [3.05, 3.63) is 34.4 Å². The van der Waals surface area contributed by atoms with Crippen molar-refractivity contribution in [3.63, 3.8) is 0 Å².